The standard InChI is InChI=1S/C41H79N2O6P/c1-6-8-10-12-14-16-18-20-21-23-24-26-28-30-32-34-40(44)39(38-49-50(46,47)48-37-36-43(3,4)5)42-41(45)35-33-31-29-27-25-22-19-17-15-13-11-9-7-2/h9,11,15,17,22,25,39-40,44H,6-8,10,12-14,16,18-21,23-24,26-38H2,1-5H3,(H-,42,45,46,47)/b11-9-,17-15-,25-22-. The van der Waals surface area contributed by atoms with E-state index in [0.717, 1.165) is 64.2 Å². The van der Waals surface area contributed by atoms with E-state index in [0.29, 0.717) is 23.9 Å². The number of quaternary nitrogens is 1. The van der Waals surface area contributed by atoms with Crippen molar-refractivity contribution in [1.29, 1.82) is 0 Å². The van der Waals surface area contributed by atoms with Gasteiger partial charge in [-0.2, -0.15) is 0 Å². The van der Waals surface area contributed by atoms with E-state index in [1.807, 2.05) is 21.1 Å². The highest BCUT2D eigenvalue weighted by Gasteiger charge is 2.24. The molecule has 0 aromatic carbocycles. The highest BCUT2D eigenvalue weighted by molar-refractivity contribution is 7.45. The van der Waals surface area contributed by atoms with Crippen LogP contribution in [-0.4, -0.2) is 68.5 Å². The molecule has 0 aliphatic rings. The zero-order chi connectivity index (χ0) is 37.2. The zero-order valence-corrected chi connectivity index (χ0v) is 34.0. The van der Waals surface area contributed by atoms with Gasteiger partial charge in [-0.25, -0.2) is 0 Å². The number of nitrogens with one attached hydrogen (secondary N) is 1. The Bertz CT molecular complexity index is 917. The highest BCUT2D eigenvalue weighted by Crippen LogP contribution is 2.38. The molecule has 0 saturated heterocycles. The van der Waals surface area contributed by atoms with Crippen molar-refractivity contribution < 1.29 is 32.9 Å². The lowest BCUT2D eigenvalue weighted by Gasteiger charge is -2.30. The lowest BCUT2D eigenvalue weighted by Crippen LogP contribution is -2.46. The summed E-state index contributed by atoms with van der Waals surface area (Å²) in [4.78, 5) is 25.2. The molecule has 0 aromatic heterocycles. The van der Waals surface area contributed by atoms with Gasteiger partial charge < -0.3 is 28.8 Å². The van der Waals surface area contributed by atoms with E-state index in [1.54, 1.807) is 0 Å². The molecule has 8 nitrogen and oxygen atoms in total. The summed E-state index contributed by atoms with van der Waals surface area (Å²) in [7, 11) is 1.28. The summed E-state index contributed by atoms with van der Waals surface area (Å²) in [6.45, 7) is 4.56. The number of carbonyl (C=O) groups is 1. The molecule has 0 fully saturated rings. The molecular weight excluding hydrogens is 647 g/mol. The first-order valence-corrected chi connectivity index (χ1v) is 21.8. The molecule has 0 heterocycles. The molecule has 0 radical (unpaired) electrons. The summed E-state index contributed by atoms with van der Waals surface area (Å²) in [5.41, 5.74) is 0. The maximum absolute atomic E-state index is 12.8. The molecule has 3 unspecified atom stereocenters. The fourth-order valence-electron chi connectivity index (χ4n) is 5.64. The van der Waals surface area contributed by atoms with Crippen LogP contribution >= 0.6 is 7.82 Å². The Kier molecular flexibility index (Phi) is 32.7. The highest BCUT2D eigenvalue weighted by atomic mass is 31.2. The van der Waals surface area contributed by atoms with Crippen molar-refractivity contribution in [2.24, 2.45) is 0 Å². The quantitative estimate of drug-likeness (QED) is 0.0288. The van der Waals surface area contributed by atoms with Crippen molar-refractivity contribution in [1.82, 2.24) is 5.32 Å². The number of nitrogens with zero attached hydrogens (tertiary/aromatic N) is 1. The van der Waals surface area contributed by atoms with Gasteiger partial charge in [0.05, 0.1) is 39.9 Å². The molecule has 0 aliphatic heterocycles. The van der Waals surface area contributed by atoms with Crippen LogP contribution in [0.4, 0.5) is 0 Å². The van der Waals surface area contributed by atoms with Gasteiger partial charge in [-0.3, -0.25) is 9.36 Å². The molecule has 2 N–H and O–H groups in total. The number of phosphoric acid groups is 1. The second kappa shape index (κ2) is 33.5. The summed E-state index contributed by atoms with van der Waals surface area (Å²) in [5.74, 6) is -0.196. The lowest BCUT2D eigenvalue weighted by molar-refractivity contribution is -0.870. The molecule has 3 atom stereocenters. The summed E-state index contributed by atoms with van der Waals surface area (Å²) < 4.78 is 23.2. The van der Waals surface area contributed by atoms with Gasteiger partial charge in [0, 0.05) is 6.42 Å². The number of hydrogen-bond acceptors (Lipinski definition) is 6. The van der Waals surface area contributed by atoms with Gasteiger partial charge >= 0.3 is 0 Å². The first kappa shape index (κ1) is 48.7. The molecule has 0 bridgehead atoms. The van der Waals surface area contributed by atoms with Gasteiger partial charge in [-0.15, -0.1) is 0 Å². The monoisotopic (exact) mass is 727 g/mol. The number of allylic oxidation sites excluding steroid dienone is 6. The third-order valence-electron chi connectivity index (χ3n) is 8.89. The topological polar surface area (TPSA) is 108 Å². The minimum absolute atomic E-state index is 0.00547. The molecule has 0 aliphatic carbocycles. The smallest absolute Gasteiger partial charge is 0.268 e. The lowest BCUT2D eigenvalue weighted by atomic mass is 10.0. The zero-order valence-electron chi connectivity index (χ0n) is 33.1. The molecule has 50 heavy (non-hydrogen) atoms. The Morgan fingerprint density at radius 2 is 1.22 bits per heavy atom. The molecule has 9 heteroatoms. The van der Waals surface area contributed by atoms with Crippen LogP contribution in [0.15, 0.2) is 36.5 Å². The Morgan fingerprint density at radius 3 is 1.76 bits per heavy atom. The Balaban J connectivity index is 4.48. The van der Waals surface area contributed by atoms with Gasteiger partial charge in [0.2, 0.25) is 5.91 Å². The second-order valence-electron chi connectivity index (χ2n) is 15.0. The first-order chi connectivity index (χ1) is 24.0. The number of likely N-dealkylation sites (N-methyl/N-ethyl adjacent to an activating group) is 1. The minimum atomic E-state index is -4.57. The van der Waals surface area contributed by atoms with Crippen molar-refractivity contribution in [3.05, 3.63) is 36.5 Å². The van der Waals surface area contributed by atoms with Crippen LogP contribution in [0.1, 0.15) is 168 Å². The van der Waals surface area contributed by atoms with E-state index < -0.39 is 20.0 Å². The van der Waals surface area contributed by atoms with E-state index in [1.165, 1.54) is 77.0 Å². The number of phosphoric ester groups is 1. The van der Waals surface area contributed by atoms with Crippen LogP contribution in [0.3, 0.4) is 0 Å². The number of carbonyl (C=O) groups excluding carboxylic acids is 1. The Hall–Kier alpha value is -1.28. The van der Waals surface area contributed by atoms with Crippen LogP contribution in [-0.2, 0) is 18.4 Å². The minimum Gasteiger partial charge on any atom is -0.756 e. The molecule has 0 saturated carbocycles. The predicted molar refractivity (Wildman–Crippen MR) is 210 cm³/mol. The molecular formula is C41H79N2O6P. The van der Waals surface area contributed by atoms with E-state index in [4.69, 9.17) is 9.05 Å². The fourth-order valence-corrected chi connectivity index (χ4v) is 6.36. The predicted octanol–water partition coefficient (Wildman–Crippen LogP) is 10.1. The normalized spacial score (nSPS) is 14.9. The van der Waals surface area contributed by atoms with Gasteiger partial charge in [-0.1, -0.05) is 153 Å². The van der Waals surface area contributed by atoms with Crippen molar-refractivity contribution >= 4 is 13.7 Å². The Labute approximate surface area is 308 Å². The summed E-state index contributed by atoms with van der Waals surface area (Å²) >= 11 is 0. The SMILES string of the molecule is CC/C=C\C/C=C\C/C=C\CCCCCC(=O)NC(COP(=O)([O-])OCC[N+](C)(C)C)C(O)CCCCCCCCCCCCCCCCC. The van der Waals surface area contributed by atoms with Crippen molar-refractivity contribution in [2.75, 3.05) is 40.9 Å². The van der Waals surface area contributed by atoms with E-state index >= 15 is 0 Å². The number of aliphatic hydroxyl groups is 1. The van der Waals surface area contributed by atoms with Gasteiger partial charge in [0.25, 0.3) is 7.82 Å². The van der Waals surface area contributed by atoms with Crippen LogP contribution in [0.25, 0.3) is 0 Å². The number of rotatable bonds is 36. The van der Waals surface area contributed by atoms with Crippen LogP contribution in [0.5, 0.6) is 0 Å². The molecule has 0 aromatic rings. The number of hydrogen-bond donors (Lipinski definition) is 2. The van der Waals surface area contributed by atoms with Crippen LogP contribution in [0, 0.1) is 0 Å². The van der Waals surface area contributed by atoms with Crippen LogP contribution in [0.2, 0.25) is 0 Å². The first-order valence-electron chi connectivity index (χ1n) is 20.3. The van der Waals surface area contributed by atoms with Crippen LogP contribution < -0.4 is 10.2 Å². The molecule has 0 spiro atoms. The second-order valence-corrected chi connectivity index (χ2v) is 16.4. The summed E-state index contributed by atoms with van der Waals surface area (Å²) in [6, 6.07) is -0.813. The summed E-state index contributed by atoms with van der Waals surface area (Å²) in [5, 5.41) is 13.8. The maximum Gasteiger partial charge on any atom is 0.268 e. The van der Waals surface area contributed by atoms with Gasteiger partial charge in [0.1, 0.15) is 13.2 Å². The average molecular weight is 727 g/mol. The Morgan fingerprint density at radius 1 is 0.720 bits per heavy atom. The summed E-state index contributed by atoms with van der Waals surface area (Å²) in [6.07, 6.45) is 38.6. The molecule has 0 rings (SSSR count). The van der Waals surface area contributed by atoms with Crippen molar-refractivity contribution in [3.8, 4) is 0 Å². The number of unbranched alkanes of at least 4 members (excludes halogenated alkanes) is 17. The molecule has 294 valence electrons. The number of amides is 1. The van der Waals surface area contributed by atoms with Crippen molar-refractivity contribution in [3.63, 3.8) is 0 Å². The van der Waals surface area contributed by atoms with E-state index in [2.05, 4.69) is 55.6 Å². The van der Waals surface area contributed by atoms with E-state index in [-0.39, 0.29) is 19.1 Å². The van der Waals surface area contributed by atoms with Gasteiger partial charge in [0.15, 0.2) is 0 Å². The third-order valence-corrected chi connectivity index (χ3v) is 9.86. The maximum atomic E-state index is 12.8. The van der Waals surface area contributed by atoms with Gasteiger partial charge in [-0.05, 0) is 44.9 Å². The average Bonchev–Trinajstić information content (AvgIpc) is 3.06. The fraction of sp³-hybridized carbons (Fsp3) is 0.829. The van der Waals surface area contributed by atoms with Crippen molar-refractivity contribution in [2.45, 2.75) is 180 Å². The largest absolute Gasteiger partial charge is 0.756 e. The third kappa shape index (κ3) is 35.1. The molecule has 1 amide bonds. The number of aliphatic hydroxyl groups excluding tert-OH is 1. The van der Waals surface area contributed by atoms with E-state index in [9.17, 15) is 19.4 Å².